The molecular formula is C21H26N4O. The zero-order valence-electron chi connectivity index (χ0n) is 16.2. The summed E-state index contributed by atoms with van der Waals surface area (Å²) in [5, 5.41) is 8.53. The van der Waals surface area contributed by atoms with Crippen molar-refractivity contribution in [2.45, 2.75) is 54.0 Å². The first kappa shape index (κ1) is 18.1. The minimum Gasteiger partial charge on any atom is -0.322 e. The standard InChI is InChI=1S/C21H26N4O/c1-6-7-10-25-20-19(16(5)24-25)17(12-15(4)22-20)21(26)23-18-11-13(2)8-9-14(18)3/h8-9,11-12H,6-7,10H2,1-5H3,(H,23,26). The lowest BCUT2D eigenvalue weighted by Crippen LogP contribution is -2.14. The van der Waals surface area contributed by atoms with Crippen LogP contribution in [0.15, 0.2) is 24.3 Å². The van der Waals surface area contributed by atoms with E-state index in [1.165, 1.54) is 0 Å². The van der Waals surface area contributed by atoms with E-state index in [1.807, 2.05) is 56.6 Å². The second kappa shape index (κ2) is 7.28. The van der Waals surface area contributed by atoms with E-state index in [0.29, 0.717) is 5.56 Å². The monoisotopic (exact) mass is 350 g/mol. The quantitative estimate of drug-likeness (QED) is 0.724. The number of nitrogens with zero attached hydrogens (tertiary/aromatic N) is 3. The fraction of sp³-hybridized carbons (Fsp3) is 0.381. The molecule has 0 aliphatic carbocycles. The molecule has 3 rings (SSSR count). The van der Waals surface area contributed by atoms with Crippen LogP contribution in [0, 0.1) is 27.7 Å². The van der Waals surface area contributed by atoms with Crippen molar-refractivity contribution in [1.29, 1.82) is 0 Å². The molecular weight excluding hydrogens is 324 g/mol. The van der Waals surface area contributed by atoms with Crippen molar-refractivity contribution in [3.05, 3.63) is 52.3 Å². The zero-order chi connectivity index (χ0) is 18.8. The normalized spacial score (nSPS) is 11.1. The largest absolute Gasteiger partial charge is 0.322 e. The highest BCUT2D eigenvalue weighted by Crippen LogP contribution is 2.25. The minimum atomic E-state index is -0.118. The van der Waals surface area contributed by atoms with Crippen LogP contribution in [0.5, 0.6) is 0 Å². The maximum absolute atomic E-state index is 13.0. The minimum absolute atomic E-state index is 0.118. The summed E-state index contributed by atoms with van der Waals surface area (Å²) in [4.78, 5) is 17.7. The number of hydrogen-bond donors (Lipinski definition) is 1. The van der Waals surface area contributed by atoms with Crippen LogP contribution < -0.4 is 5.32 Å². The summed E-state index contributed by atoms with van der Waals surface area (Å²) in [5.74, 6) is -0.118. The first-order chi connectivity index (χ1) is 12.4. The second-order valence-electron chi connectivity index (χ2n) is 6.94. The molecule has 3 aromatic rings. The van der Waals surface area contributed by atoms with Gasteiger partial charge in [0.2, 0.25) is 0 Å². The molecule has 0 saturated carbocycles. The van der Waals surface area contributed by atoms with E-state index in [-0.39, 0.29) is 5.91 Å². The SMILES string of the molecule is CCCCn1nc(C)c2c(C(=O)Nc3cc(C)ccc3C)cc(C)nc21. The van der Waals surface area contributed by atoms with Gasteiger partial charge in [-0.25, -0.2) is 9.67 Å². The van der Waals surface area contributed by atoms with E-state index >= 15 is 0 Å². The maximum Gasteiger partial charge on any atom is 0.256 e. The van der Waals surface area contributed by atoms with Gasteiger partial charge >= 0.3 is 0 Å². The number of carbonyl (C=O) groups is 1. The number of hydrogen-bond acceptors (Lipinski definition) is 3. The number of amides is 1. The predicted octanol–water partition coefficient (Wildman–Crippen LogP) is 4.72. The number of fused-ring (bicyclic) bond motifs is 1. The van der Waals surface area contributed by atoms with E-state index in [0.717, 1.165) is 58.6 Å². The summed E-state index contributed by atoms with van der Waals surface area (Å²) >= 11 is 0. The average Bonchev–Trinajstić information content (AvgIpc) is 2.91. The number of aromatic nitrogens is 3. The van der Waals surface area contributed by atoms with Crippen LogP contribution in [-0.2, 0) is 6.54 Å². The number of pyridine rings is 1. The first-order valence-electron chi connectivity index (χ1n) is 9.14. The van der Waals surface area contributed by atoms with E-state index in [9.17, 15) is 4.79 Å². The molecule has 1 N–H and O–H groups in total. The molecule has 0 aliphatic heterocycles. The van der Waals surface area contributed by atoms with Crippen molar-refractivity contribution in [3.8, 4) is 0 Å². The Kier molecular flexibility index (Phi) is 5.07. The Labute approximate surface area is 154 Å². The Bertz CT molecular complexity index is 972. The third-order valence-electron chi connectivity index (χ3n) is 4.61. The molecule has 5 nitrogen and oxygen atoms in total. The van der Waals surface area contributed by atoms with Crippen molar-refractivity contribution >= 4 is 22.6 Å². The van der Waals surface area contributed by atoms with Crippen LogP contribution in [0.1, 0.15) is 52.6 Å². The summed E-state index contributed by atoms with van der Waals surface area (Å²) in [6.45, 7) is 10.8. The Morgan fingerprint density at radius 1 is 1.15 bits per heavy atom. The predicted molar refractivity (Wildman–Crippen MR) is 106 cm³/mol. The summed E-state index contributed by atoms with van der Waals surface area (Å²) in [5.41, 5.74) is 6.09. The van der Waals surface area contributed by atoms with Gasteiger partial charge in [-0.2, -0.15) is 5.10 Å². The highest BCUT2D eigenvalue weighted by Gasteiger charge is 2.19. The van der Waals surface area contributed by atoms with Gasteiger partial charge in [-0.3, -0.25) is 4.79 Å². The van der Waals surface area contributed by atoms with E-state index in [4.69, 9.17) is 0 Å². The van der Waals surface area contributed by atoms with Crippen LogP contribution >= 0.6 is 0 Å². The highest BCUT2D eigenvalue weighted by molar-refractivity contribution is 6.12. The molecule has 0 fully saturated rings. The van der Waals surface area contributed by atoms with Gasteiger partial charge in [0, 0.05) is 17.9 Å². The second-order valence-corrected chi connectivity index (χ2v) is 6.94. The molecule has 26 heavy (non-hydrogen) atoms. The molecule has 0 atom stereocenters. The number of carbonyl (C=O) groups excluding carboxylic acids is 1. The van der Waals surface area contributed by atoms with Crippen molar-refractivity contribution in [2.24, 2.45) is 0 Å². The smallest absolute Gasteiger partial charge is 0.256 e. The van der Waals surface area contributed by atoms with Crippen LogP contribution in [0.3, 0.4) is 0 Å². The van der Waals surface area contributed by atoms with Crippen molar-refractivity contribution in [1.82, 2.24) is 14.8 Å². The third kappa shape index (κ3) is 3.47. The van der Waals surface area contributed by atoms with Gasteiger partial charge in [-0.1, -0.05) is 25.5 Å². The molecule has 136 valence electrons. The fourth-order valence-electron chi connectivity index (χ4n) is 3.18. The molecule has 2 aromatic heterocycles. The van der Waals surface area contributed by atoms with Gasteiger partial charge < -0.3 is 5.32 Å². The third-order valence-corrected chi connectivity index (χ3v) is 4.61. The van der Waals surface area contributed by atoms with E-state index < -0.39 is 0 Å². The number of aryl methyl sites for hydroxylation is 5. The molecule has 5 heteroatoms. The summed E-state index contributed by atoms with van der Waals surface area (Å²) < 4.78 is 1.93. The highest BCUT2D eigenvalue weighted by atomic mass is 16.1. The molecule has 0 radical (unpaired) electrons. The number of unbranched alkanes of at least 4 members (excludes halogenated alkanes) is 1. The van der Waals surface area contributed by atoms with Crippen molar-refractivity contribution in [3.63, 3.8) is 0 Å². The fourth-order valence-corrected chi connectivity index (χ4v) is 3.18. The Morgan fingerprint density at radius 3 is 2.65 bits per heavy atom. The average molecular weight is 350 g/mol. The van der Waals surface area contributed by atoms with Gasteiger partial charge in [0.1, 0.15) is 0 Å². The molecule has 0 saturated heterocycles. The molecule has 0 aliphatic rings. The topological polar surface area (TPSA) is 59.8 Å². The van der Waals surface area contributed by atoms with Crippen molar-refractivity contribution < 1.29 is 4.79 Å². The lowest BCUT2D eigenvalue weighted by atomic mass is 10.1. The van der Waals surface area contributed by atoms with Crippen LogP contribution in [0.25, 0.3) is 11.0 Å². The van der Waals surface area contributed by atoms with Crippen molar-refractivity contribution in [2.75, 3.05) is 5.32 Å². The summed E-state index contributed by atoms with van der Waals surface area (Å²) in [6, 6.07) is 7.91. The zero-order valence-corrected chi connectivity index (χ0v) is 16.2. The molecule has 1 aromatic carbocycles. The van der Waals surface area contributed by atoms with Gasteiger partial charge in [0.25, 0.3) is 5.91 Å². The molecule has 0 spiro atoms. The van der Waals surface area contributed by atoms with Gasteiger partial charge in [0.15, 0.2) is 5.65 Å². The van der Waals surface area contributed by atoms with E-state index in [2.05, 4.69) is 22.3 Å². The van der Waals surface area contributed by atoms with Crippen LogP contribution in [0.4, 0.5) is 5.69 Å². The lowest BCUT2D eigenvalue weighted by molar-refractivity contribution is 0.102. The van der Waals surface area contributed by atoms with Crippen LogP contribution in [-0.4, -0.2) is 20.7 Å². The number of rotatable bonds is 5. The molecule has 0 unspecified atom stereocenters. The molecule has 0 bridgehead atoms. The summed E-state index contributed by atoms with van der Waals surface area (Å²) in [6.07, 6.45) is 2.13. The Morgan fingerprint density at radius 2 is 1.92 bits per heavy atom. The number of anilines is 1. The molecule has 1 amide bonds. The van der Waals surface area contributed by atoms with Crippen LogP contribution in [0.2, 0.25) is 0 Å². The molecule has 2 heterocycles. The van der Waals surface area contributed by atoms with Gasteiger partial charge in [0.05, 0.1) is 16.6 Å². The number of nitrogens with one attached hydrogen (secondary N) is 1. The van der Waals surface area contributed by atoms with E-state index in [1.54, 1.807) is 0 Å². The number of benzene rings is 1. The summed E-state index contributed by atoms with van der Waals surface area (Å²) in [7, 11) is 0. The van der Waals surface area contributed by atoms with Gasteiger partial charge in [-0.05, 0) is 57.4 Å². The lowest BCUT2D eigenvalue weighted by Gasteiger charge is -2.11. The Balaban J connectivity index is 2.05. The van der Waals surface area contributed by atoms with Gasteiger partial charge in [-0.15, -0.1) is 0 Å². The maximum atomic E-state index is 13.0. The first-order valence-corrected chi connectivity index (χ1v) is 9.14. The Hall–Kier alpha value is -2.69.